The Morgan fingerprint density at radius 2 is 2.06 bits per heavy atom. The normalized spacial score (nSPS) is 10.5. The van der Waals surface area contributed by atoms with Crippen LogP contribution in [0, 0.1) is 0 Å². The van der Waals surface area contributed by atoms with Gasteiger partial charge in [0, 0.05) is 18.5 Å². The number of hydrogen-bond acceptors (Lipinski definition) is 2. The Labute approximate surface area is 103 Å². The van der Waals surface area contributed by atoms with E-state index in [1.54, 1.807) is 23.9 Å². The molecule has 0 aliphatic carbocycles. The van der Waals surface area contributed by atoms with Crippen LogP contribution >= 0.6 is 11.6 Å². The first kappa shape index (κ1) is 11.7. The number of carbonyl (C=O) groups is 1. The SMILES string of the molecule is Cn1ncc(C(=O)O)c1Cc1ccc(Cl)cc1. The van der Waals surface area contributed by atoms with Gasteiger partial charge in [0.05, 0.1) is 11.9 Å². The number of rotatable bonds is 3. The van der Waals surface area contributed by atoms with Crippen LogP contribution in [-0.4, -0.2) is 20.9 Å². The van der Waals surface area contributed by atoms with Gasteiger partial charge in [0.15, 0.2) is 0 Å². The Balaban J connectivity index is 2.32. The average molecular weight is 251 g/mol. The fourth-order valence-electron chi connectivity index (χ4n) is 1.65. The van der Waals surface area contributed by atoms with Crippen LogP contribution in [0.25, 0.3) is 0 Å². The lowest BCUT2D eigenvalue weighted by Gasteiger charge is -2.04. The van der Waals surface area contributed by atoms with Crippen molar-refractivity contribution in [3.05, 3.63) is 52.3 Å². The molecular weight excluding hydrogens is 240 g/mol. The lowest BCUT2D eigenvalue weighted by Crippen LogP contribution is -2.05. The minimum Gasteiger partial charge on any atom is -0.478 e. The van der Waals surface area contributed by atoms with Gasteiger partial charge in [-0.3, -0.25) is 4.68 Å². The highest BCUT2D eigenvalue weighted by atomic mass is 35.5. The predicted molar refractivity (Wildman–Crippen MR) is 64.4 cm³/mol. The number of hydrogen-bond donors (Lipinski definition) is 1. The lowest BCUT2D eigenvalue weighted by atomic mass is 10.1. The van der Waals surface area contributed by atoms with Gasteiger partial charge in [0.25, 0.3) is 0 Å². The van der Waals surface area contributed by atoms with Crippen molar-refractivity contribution in [1.82, 2.24) is 9.78 Å². The van der Waals surface area contributed by atoms with Crippen LogP contribution in [0.4, 0.5) is 0 Å². The molecule has 17 heavy (non-hydrogen) atoms. The summed E-state index contributed by atoms with van der Waals surface area (Å²) in [7, 11) is 1.73. The summed E-state index contributed by atoms with van der Waals surface area (Å²) in [6.07, 6.45) is 1.89. The number of aromatic carboxylic acids is 1. The summed E-state index contributed by atoms with van der Waals surface area (Å²) in [5.74, 6) is -0.956. The summed E-state index contributed by atoms with van der Waals surface area (Å²) < 4.78 is 1.58. The Kier molecular flexibility index (Phi) is 3.15. The molecule has 0 unspecified atom stereocenters. The van der Waals surface area contributed by atoms with Crippen molar-refractivity contribution < 1.29 is 9.90 Å². The Morgan fingerprint density at radius 3 is 2.65 bits per heavy atom. The first-order valence-electron chi connectivity index (χ1n) is 5.06. The molecule has 0 aliphatic heterocycles. The second-order valence-corrected chi connectivity index (χ2v) is 4.17. The fraction of sp³-hybridized carbons (Fsp3) is 0.167. The molecule has 1 aromatic heterocycles. The summed E-state index contributed by atoms with van der Waals surface area (Å²) in [5.41, 5.74) is 1.92. The van der Waals surface area contributed by atoms with E-state index in [1.807, 2.05) is 12.1 Å². The summed E-state index contributed by atoms with van der Waals surface area (Å²) in [4.78, 5) is 11.0. The van der Waals surface area contributed by atoms with Crippen molar-refractivity contribution in [2.75, 3.05) is 0 Å². The third-order valence-electron chi connectivity index (χ3n) is 2.58. The van der Waals surface area contributed by atoms with E-state index in [-0.39, 0.29) is 5.56 Å². The molecule has 88 valence electrons. The molecule has 2 rings (SSSR count). The molecule has 0 radical (unpaired) electrons. The maximum Gasteiger partial charge on any atom is 0.339 e. The molecule has 1 heterocycles. The van der Waals surface area contributed by atoms with Crippen LogP contribution in [0.2, 0.25) is 5.02 Å². The van der Waals surface area contributed by atoms with E-state index in [9.17, 15) is 4.79 Å². The number of aromatic nitrogens is 2. The molecule has 2 aromatic rings. The van der Waals surface area contributed by atoms with E-state index in [2.05, 4.69) is 5.10 Å². The molecular formula is C12H11ClN2O2. The van der Waals surface area contributed by atoms with E-state index in [0.717, 1.165) is 5.56 Å². The number of nitrogens with zero attached hydrogens (tertiary/aromatic N) is 2. The lowest BCUT2D eigenvalue weighted by molar-refractivity contribution is 0.0695. The molecule has 0 fully saturated rings. The molecule has 1 aromatic carbocycles. The van der Waals surface area contributed by atoms with Gasteiger partial charge in [-0.25, -0.2) is 4.79 Å². The van der Waals surface area contributed by atoms with Crippen LogP contribution in [0.15, 0.2) is 30.5 Å². The van der Waals surface area contributed by atoms with E-state index >= 15 is 0 Å². The average Bonchev–Trinajstić information content (AvgIpc) is 2.64. The fourth-order valence-corrected chi connectivity index (χ4v) is 1.77. The third-order valence-corrected chi connectivity index (χ3v) is 2.83. The van der Waals surface area contributed by atoms with Gasteiger partial charge in [0.1, 0.15) is 5.56 Å². The second-order valence-electron chi connectivity index (χ2n) is 3.74. The zero-order chi connectivity index (χ0) is 12.4. The van der Waals surface area contributed by atoms with Crippen molar-refractivity contribution in [3.63, 3.8) is 0 Å². The highest BCUT2D eigenvalue weighted by Crippen LogP contribution is 2.16. The molecule has 0 saturated heterocycles. The molecule has 4 nitrogen and oxygen atoms in total. The highest BCUT2D eigenvalue weighted by molar-refractivity contribution is 6.30. The van der Waals surface area contributed by atoms with Crippen molar-refractivity contribution >= 4 is 17.6 Å². The quantitative estimate of drug-likeness (QED) is 0.910. The predicted octanol–water partition coefficient (Wildman–Crippen LogP) is 2.36. The van der Waals surface area contributed by atoms with Gasteiger partial charge in [0.2, 0.25) is 0 Å². The summed E-state index contributed by atoms with van der Waals surface area (Å²) in [6.45, 7) is 0. The molecule has 5 heteroatoms. The molecule has 0 aliphatic rings. The number of carboxylic acids is 1. The van der Waals surface area contributed by atoms with Crippen LogP contribution < -0.4 is 0 Å². The number of halogens is 1. The maximum atomic E-state index is 11.0. The van der Waals surface area contributed by atoms with Crippen molar-refractivity contribution in [2.45, 2.75) is 6.42 Å². The first-order chi connectivity index (χ1) is 8.08. The Hall–Kier alpha value is -1.81. The van der Waals surface area contributed by atoms with Crippen molar-refractivity contribution in [1.29, 1.82) is 0 Å². The number of aryl methyl sites for hydroxylation is 1. The molecule has 1 N–H and O–H groups in total. The van der Waals surface area contributed by atoms with E-state index < -0.39 is 5.97 Å². The topological polar surface area (TPSA) is 55.1 Å². The molecule has 0 saturated carbocycles. The molecule has 0 atom stereocenters. The van der Waals surface area contributed by atoms with Gasteiger partial charge in [-0.1, -0.05) is 23.7 Å². The summed E-state index contributed by atoms with van der Waals surface area (Å²) in [5, 5.41) is 13.7. The van der Waals surface area contributed by atoms with Crippen LogP contribution in [0.1, 0.15) is 21.6 Å². The van der Waals surface area contributed by atoms with Crippen molar-refractivity contribution in [3.8, 4) is 0 Å². The zero-order valence-corrected chi connectivity index (χ0v) is 9.98. The standard InChI is InChI=1S/C12H11ClN2O2/c1-15-11(10(7-14-15)12(16)17)6-8-2-4-9(13)5-3-8/h2-5,7H,6H2,1H3,(H,16,17). The Morgan fingerprint density at radius 1 is 1.41 bits per heavy atom. The number of carboxylic acid groups (broad SMARTS) is 1. The summed E-state index contributed by atoms with van der Waals surface area (Å²) in [6, 6.07) is 7.32. The highest BCUT2D eigenvalue weighted by Gasteiger charge is 2.14. The zero-order valence-electron chi connectivity index (χ0n) is 9.22. The largest absolute Gasteiger partial charge is 0.478 e. The third kappa shape index (κ3) is 2.47. The summed E-state index contributed by atoms with van der Waals surface area (Å²) >= 11 is 5.79. The number of benzene rings is 1. The minimum absolute atomic E-state index is 0.238. The minimum atomic E-state index is -0.956. The smallest absolute Gasteiger partial charge is 0.339 e. The first-order valence-corrected chi connectivity index (χ1v) is 5.44. The second kappa shape index (κ2) is 4.59. The van der Waals surface area contributed by atoms with Crippen molar-refractivity contribution in [2.24, 2.45) is 7.05 Å². The monoisotopic (exact) mass is 250 g/mol. The van der Waals surface area contributed by atoms with Gasteiger partial charge >= 0.3 is 5.97 Å². The van der Waals surface area contributed by atoms with Crippen LogP contribution in [0.5, 0.6) is 0 Å². The van der Waals surface area contributed by atoms with E-state index in [0.29, 0.717) is 17.1 Å². The van der Waals surface area contributed by atoms with E-state index in [4.69, 9.17) is 16.7 Å². The molecule has 0 spiro atoms. The molecule has 0 bridgehead atoms. The maximum absolute atomic E-state index is 11.0. The molecule has 0 amide bonds. The van der Waals surface area contributed by atoms with Gasteiger partial charge in [-0.15, -0.1) is 0 Å². The van der Waals surface area contributed by atoms with Gasteiger partial charge in [-0.05, 0) is 17.7 Å². The van der Waals surface area contributed by atoms with E-state index in [1.165, 1.54) is 6.20 Å². The van der Waals surface area contributed by atoms with Gasteiger partial charge in [-0.2, -0.15) is 5.10 Å². The Bertz CT molecular complexity index is 546. The van der Waals surface area contributed by atoms with Crippen LogP contribution in [0.3, 0.4) is 0 Å². The van der Waals surface area contributed by atoms with Crippen LogP contribution in [-0.2, 0) is 13.5 Å². The van der Waals surface area contributed by atoms with Gasteiger partial charge < -0.3 is 5.11 Å².